The van der Waals surface area contributed by atoms with Crippen molar-refractivity contribution in [2.24, 2.45) is 0 Å². The molecule has 0 aliphatic heterocycles. The van der Waals surface area contributed by atoms with Crippen LogP contribution in [0.5, 0.6) is 0 Å². The first-order valence-electron chi connectivity index (χ1n) is 6.94. The maximum atomic E-state index is 5.74. The molecule has 0 spiro atoms. The van der Waals surface area contributed by atoms with E-state index in [1.54, 1.807) is 0 Å². The van der Waals surface area contributed by atoms with Gasteiger partial charge in [-0.2, -0.15) is 0 Å². The van der Waals surface area contributed by atoms with Crippen molar-refractivity contribution in [2.45, 2.75) is 19.6 Å². The van der Waals surface area contributed by atoms with Crippen LogP contribution >= 0.6 is 0 Å². The van der Waals surface area contributed by atoms with Crippen LogP contribution in [0.25, 0.3) is 21.5 Å². The summed E-state index contributed by atoms with van der Waals surface area (Å²) in [5.41, 5.74) is 1.02. The predicted octanol–water partition coefficient (Wildman–Crippen LogP) is 4.52. The summed E-state index contributed by atoms with van der Waals surface area (Å²) in [6.07, 6.45) is 5.74. The summed E-state index contributed by atoms with van der Waals surface area (Å²) in [7, 11) is -1.51. The van der Waals surface area contributed by atoms with Crippen molar-refractivity contribution in [3.63, 3.8) is 0 Å². The fraction of sp³-hybridized carbons (Fsp3) is 0.158. The average molecular weight is 274 g/mol. The van der Waals surface area contributed by atoms with Crippen LogP contribution in [0, 0.1) is 12.3 Å². The Balaban J connectivity index is 2.65. The maximum Gasteiger partial charge on any atom is 0.0792 e. The highest BCUT2D eigenvalue weighted by Gasteiger charge is 2.23. The van der Waals surface area contributed by atoms with Gasteiger partial charge >= 0.3 is 0 Å². The molecular formula is C19H18Si. The lowest BCUT2D eigenvalue weighted by Crippen LogP contribution is -2.39. The Morgan fingerprint density at radius 2 is 1.60 bits per heavy atom. The van der Waals surface area contributed by atoms with Crippen LogP contribution in [0.4, 0.5) is 0 Å². The number of terminal acetylenes is 1. The van der Waals surface area contributed by atoms with Crippen LogP contribution in [0.3, 0.4) is 0 Å². The summed E-state index contributed by atoms with van der Waals surface area (Å²) >= 11 is 0. The van der Waals surface area contributed by atoms with E-state index in [-0.39, 0.29) is 0 Å². The molecule has 3 aromatic rings. The second-order valence-electron chi connectivity index (χ2n) is 6.27. The van der Waals surface area contributed by atoms with E-state index < -0.39 is 8.07 Å². The number of hydrogen-bond donors (Lipinski definition) is 0. The van der Waals surface area contributed by atoms with Gasteiger partial charge in [-0.1, -0.05) is 62.0 Å². The molecule has 98 valence electrons. The molecule has 0 radical (unpaired) electrons. The Hall–Kier alpha value is -2.04. The Kier molecular flexibility index (Phi) is 2.92. The largest absolute Gasteiger partial charge is 0.115 e. The average Bonchev–Trinajstić information content (AvgIpc) is 2.42. The maximum absolute atomic E-state index is 5.74. The summed E-state index contributed by atoms with van der Waals surface area (Å²) in [4.78, 5) is 0. The summed E-state index contributed by atoms with van der Waals surface area (Å²) in [5, 5.41) is 6.71. The molecule has 0 saturated heterocycles. The van der Waals surface area contributed by atoms with Crippen LogP contribution in [0.15, 0.2) is 48.5 Å². The molecule has 0 N–H and O–H groups in total. The second-order valence-corrected chi connectivity index (χ2v) is 11.3. The lowest BCUT2D eigenvalue weighted by Gasteiger charge is -2.23. The number of benzene rings is 3. The molecular weight excluding hydrogens is 256 g/mol. The molecule has 0 fully saturated rings. The van der Waals surface area contributed by atoms with E-state index in [0.717, 1.165) is 5.56 Å². The van der Waals surface area contributed by atoms with Gasteiger partial charge in [-0.15, -0.1) is 6.42 Å². The molecule has 0 aliphatic rings. The van der Waals surface area contributed by atoms with Gasteiger partial charge in [-0.3, -0.25) is 0 Å². The Labute approximate surface area is 121 Å². The fourth-order valence-electron chi connectivity index (χ4n) is 3.02. The zero-order valence-electron chi connectivity index (χ0n) is 12.2. The smallest absolute Gasteiger partial charge is 0.0792 e. The summed E-state index contributed by atoms with van der Waals surface area (Å²) in [5.74, 6) is 2.87. The number of fused-ring (bicyclic) bond motifs is 2. The third-order valence-electron chi connectivity index (χ3n) is 3.79. The van der Waals surface area contributed by atoms with Crippen molar-refractivity contribution in [3.8, 4) is 12.3 Å². The molecule has 0 nitrogen and oxygen atoms in total. The van der Waals surface area contributed by atoms with E-state index in [9.17, 15) is 0 Å². The molecule has 0 aromatic heterocycles. The van der Waals surface area contributed by atoms with E-state index in [1.807, 2.05) is 0 Å². The topological polar surface area (TPSA) is 0 Å². The van der Waals surface area contributed by atoms with Gasteiger partial charge in [0.2, 0.25) is 0 Å². The van der Waals surface area contributed by atoms with E-state index in [1.165, 1.54) is 26.7 Å². The first-order chi connectivity index (χ1) is 9.52. The highest BCUT2D eigenvalue weighted by molar-refractivity contribution is 6.92. The van der Waals surface area contributed by atoms with Gasteiger partial charge in [0, 0.05) is 5.56 Å². The summed E-state index contributed by atoms with van der Waals surface area (Å²) in [6.45, 7) is 7.17. The molecule has 0 amide bonds. The normalized spacial score (nSPS) is 11.7. The molecule has 0 saturated carbocycles. The highest BCUT2D eigenvalue weighted by atomic mass is 28.3. The fourth-order valence-corrected chi connectivity index (χ4v) is 5.09. The third kappa shape index (κ3) is 1.93. The molecule has 3 rings (SSSR count). The molecule has 0 unspecified atom stereocenters. The molecule has 0 atom stereocenters. The van der Waals surface area contributed by atoms with Crippen LogP contribution < -0.4 is 5.19 Å². The minimum Gasteiger partial charge on any atom is -0.115 e. The third-order valence-corrected chi connectivity index (χ3v) is 5.81. The molecule has 3 aromatic carbocycles. The predicted molar refractivity (Wildman–Crippen MR) is 92.4 cm³/mol. The van der Waals surface area contributed by atoms with E-state index in [4.69, 9.17) is 6.42 Å². The first-order valence-corrected chi connectivity index (χ1v) is 10.4. The summed E-state index contributed by atoms with van der Waals surface area (Å²) in [6, 6.07) is 17.2. The van der Waals surface area contributed by atoms with Gasteiger partial charge in [-0.25, -0.2) is 0 Å². The van der Waals surface area contributed by atoms with Gasteiger partial charge in [0.25, 0.3) is 0 Å². The SMILES string of the molecule is C#Cc1cccc2cc3ccccc3c([Si](C)(C)C)c12. The standard InChI is InChI=1S/C19H18Si/c1-5-14-10-8-11-16-13-15-9-6-7-12-17(15)19(18(14)16)20(2,3)4/h1,6-13H,2-4H3. The minimum atomic E-state index is -1.51. The van der Waals surface area contributed by atoms with Crippen molar-refractivity contribution in [3.05, 3.63) is 54.1 Å². The molecule has 0 aliphatic carbocycles. The summed E-state index contributed by atoms with van der Waals surface area (Å²) < 4.78 is 0. The van der Waals surface area contributed by atoms with E-state index >= 15 is 0 Å². The Morgan fingerprint density at radius 3 is 2.30 bits per heavy atom. The molecule has 0 bridgehead atoms. The first kappa shape index (κ1) is 13.0. The van der Waals surface area contributed by atoms with Gasteiger partial charge in [0.05, 0.1) is 8.07 Å². The van der Waals surface area contributed by atoms with Crippen molar-refractivity contribution in [1.82, 2.24) is 0 Å². The quantitative estimate of drug-likeness (QED) is 0.348. The van der Waals surface area contributed by atoms with Crippen LogP contribution in [-0.4, -0.2) is 8.07 Å². The zero-order valence-corrected chi connectivity index (χ0v) is 13.2. The monoisotopic (exact) mass is 274 g/mol. The van der Waals surface area contributed by atoms with Crippen LogP contribution in [-0.2, 0) is 0 Å². The van der Waals surface area contributed by atoms with E-state index in [0.29, 0.717) is 0 Å². The van der Waals surface area contributed by atoms with Gasteiger partial charge in [0.15, 0.2) is 0 Å². The van der Waals surface area contributed by atoms with Crippen molar-refractivity contribution < 1.29 is 0 Å². The Morgan fingerprint density at radius 1 is 0.900 bits per heavy atom. The zero-order chi connectivity index (χ0) is 14.3. The lowest BCUT2D eigenvalue weighted by atomic mass is 10.00. The van der Waals surface area contributed by atoms with Crippen molar-refractivity contribution in [2.75, 3.05) is 0 Å². The van der Waals surface area contributed by atoms with Crippen LogP contribution in [0.2, 0.25) is 19.6 Å². The lowest BCUT2D eigenvalue weighted by molar-refractivity contribution is 1.70. The Bertz CT molecular complexity index is 845. The minimum absolute atomic E-state index is 1.02. The van der Waals surface area contributed by atoms with Crippen molar-refractivity contribution >= 4 is 34.8 Å². The van der Waals surface area contributed by atoms with Gasteiger partial charge < -0.3 is 0 Å². The molecule has 20 heavy (non-hydrogen) atoms. The highest BCUT2D eigenvalue weighted by Crippen LogP contribution is 2.26. The van der Waals surface area contributed by atoms with Gasteiger partial charge in [-0.05, 0) is 38.9 Å². The van der Waals surface area contributed by atoms with Crippen LogP contribution in [0.1, 0.15) is 5.56 Å². The molecule has 1 heteroatoms. The molecule has 0 heterocycles. The second kappa shape index (κ2) is 4.51. The number of rotatable bonds is 1. The number of hydrogen-bond acceptors (Lipinski definition) is 0. The van der Waals surface area contributed by atoms with E-state index in [2.05, 4.69) is 74.1 Å². The van der Waals surface area contributed by atoms with Gasteiger partial charge in [0.1, 0.15) is 0 Å². The van der Waals surface area contributed by atoms with Crippen molar-refractivity contribution in [1.29, 1.82) is 0 Å².